The van der Waals surface area contributed by atoms with Gasteiger partial charge >= 0.3 is 0 Å². The maximum absolute atomic E-state index is 5.41. The Bertz CT molecular complexity index is 772. The molecule has 0 spiro atoms. The molecule has 0 bridgehead atoms. The molecule has 29 heavy (non-hydrogen) atoms. The maximum atomic E-state index is 5.41. The first-order valence-corrected chi connectivity index (χ1v) is 10.3. The number of nitrogens with zero attached hydrogens (tertiary/aromatic N) is 2. The van der Waals surface area contributed by atoms with Crippen molar-refractivity contribution < 1.29 is 9.47 Å². The molecular formula is C23H32N4O2. The van der Waals surface area contributed by atoms with E-state index in [1.807, 2.05) is 12.1 Å². The minimum Gasteiger partial charge on any atom is -0.497 e. The number of hydrogen-bond donors (Lipinski definition) is 2. The molecule has 6 nitrogen and oxygen atoms in total. The van der Waals surface area contributed by atoms with Crippen molar-refractivity contribution in [1.82, 2.24) is 10.6 Å². The van der Waals surface area contributed by atoms with Gasteiger partial charge in [0, 0.05) is 56.1 Å². The summed E-state index contributed by atoms with van der Waals surface area (Å²) in [5.74, 6) is 2.51. The summed E-state index contributed by atoms with van der Waals surface area (Å²) in [5.41, 5.74) is 2.43. The SMILES string of the molecule is CCNC(=NCCc1ccccc1)NC1CCN(c2cc(OC)cc(OC)c2)C1. The molecule has 156 valence electrons. The number of aliphatic imine (C=N–C) groups is 1. The van der Waals surface area contributed by atoms with E-state index < -0.39 is 0 Å². The third-order valence-corrected chi connectivity index (χ3v) is 5.09. The van der Waals surface area contributed by atoms with Crippen molar-refractivity contribution in [3.8, 4) is 11.5 Å². The maximum Gasteiger partial charge on any atom is 0.191 e. The van der Waals surface area contributed by atoms with Gasteiger partial charge in [-0.05, 0) is 25.3 Å². The molecule has 1 aliphatic heterocycles. The van der Waals surface area contributed by atoms with Crippen LogP contribution in [0.5, 0.6) is 11.5 Å². The van der Waals surface area contributed by atoms with Crippen LogP contribution in [0, 0.1) is 0 Å². The van der Waals surface area contributed by atoms with Gasteiger partial charge in [0.2, 0.25) is 0 Å². The number of guanidine groups is 1. The lowest BCUT2D eigenvalue weighted by Crippen LogP contribution is -2.44. The van der Waals surface area contributed by atoms with Crippen LogP contribution in [0.3, 0.4) is 0 Å². The zero-order chi connectivity index (χ0) is 20.5. The van der Waals surface area contributed by atoms with Crippen LogP contribution >= 0.6 is 0 Å². The topological polar surface area (TPSA) is 58.1 Å². The van der Waals surface area contributed by atoms with Crippen molar-refractivity contribution in [2.45, 2.75) is 25.8 Å². The Balaban J connectivity index is 1.58. The molecule has 1 heterocycles. The summed E-state index contributed by atoms with van der Waals surface area (Å²) in [7, 11) is 3.36. The van der Waals surface area contributed by atoms with Crippen LogP contribution in [0.2, 0.25) is 0 Å². The summed E-state index contributed by atoms with van der Waals surface area (Å²) < 4.78 is 10.8. The summed E-state index contributed by atoms with van der Waals surface area (Å²) in [5, 5.41) is 6.96. The van der Waals surface area contributed by atoms with Crippen molar-refractivity contribution in [3.63, 3.8) is 0 Å². The van der Waals surface area contributed by atoms with Gasteiger partial charge < -0.3 is 25.0 Å². The highest BCUT2D eigenvalue weighted by Gasteiger charge is 2.24. The van der Waals surface area contributed by atoms with E-state index in [-0.39, 0.29) is 0 Å². The summed E-state index contributed by atoms with van der Waals surface area (Å²) in [6, 6.07) is 16.8. The van der Waals surface area contributed by atoms with E-state index in [4.69, 9.17) is 14.5 Å². The Labute approximate surface area is 173 Å². The highest BCUT2D eigenvalue weighted by Crippen LogP contribution is 2.30. The fourth-order valence-electron chi connectivity index (χ4n) is 3.54. The van der Waals surface area contributed by atoms with Gasteiger partial charge in [-0.3, -0.25) is 4.99 Å². The highest BCUT2D eigenvalue weighted by atomic mass is 16.5. The van der Waals surface area contributed by atoms with Crippen LogP contribution in [0.25, 0.3) is 0 Å². The second-order valence-electron chi connectivity index (χ2n) is 7.14. The van der Waals surface area contributed by atoms with E-state index in [2.05, 4.69) is 58.9 Å². The monoisotopic (exact) mass is 396 g/mol. The zero-order valence-electron chi connectivity index (χ0n) is 17.6. The average molecular weight is 397 g/mol. The predicted octanol–water partition coefficient (Wildman–Crippen LogP) is 3.08. The lowest BCUT2D eigenvalue weighted by atomic mass is 10.2. The van der Waals surface area contributed by atoms with Crippen LogP contribution < -0.4 is 25.0 Å². The molecule has 0 saturated carbocycles. The molecule has 6 heteroatoms. The van der Waals surface area contributed by atoms with Crippen LogP contribution in [0.4, 0.5) is 5.69 Å². The van der Waals surface area contributed by atoms with Gasteiger partial charge in [-0.1, -0.05) is 30.3 Å². The fraction of sp³-hybridized carbons (Fsp3) is 0.435. The number of ether oxygens (including phenoxy) is 2. The van der Waals surface area contributed by atoms with Crippen molar-refractivity contribution in [2.75, 3.05) is 45.3 Å². The molecule has 0 aromatic heterocycles. The Hall–Kier alpha value is -2.89. The highest BCUT2D eigenvalue weighted by molar-refractivity contribution is 5.80. The number of nitrogens with one attached hydrogen (secondary N) is 2. The summed E-state index contributed by atoms with van der Waals surface area (Å²) >= 11 is 0. The van der Waals surface area contributed by atoms with Gasteiger partial charge in [0.15, 0.2) is 5.96 Å². The van der Waals surface area contributed by atoms with E-state index in [9.17, 15) is 0 Å². The Kier molecular flexibility index (Phi) is 7.61. The first kappa shape index (κ1) is 20.8. The minimum absolute atomic E-state index is 0.349. The standard InChI is InChI=1S/C23H32N4O2/c1-4-24-23(25-12-10-18-8-6-5-7-9-18)26-19-11-13-27(17-19)20-14-21(28-2)16-22(15-20)29-3/h5-9,14-16,19H,4,10-13,17H2,1-3H3,(H2,24,25,26). The average Bonchev–Trinajstić information content (AvgIpc) is 3.23. The van der Waals surface area contributed by atoms with Gasteiger partial charge in [-0.15, -0.1) is 0 Å². The molecular weight excluding hydrogens is 364 g/mol. The third kappa shape index (κ3) is 6.04. The van der Waals surface area contributed by atoms with Gasteiger partial charge in [-0.25, -0.2) is 0 Å². The smallest absolute Gasteiger partial charge is 0.191 e. The molecule has 2 aromatic carbocycles. The van der Waals surface area contributed by atoms with E-state index in [1.165, 1.54) is 5.56 Å². The normalized spacial score (nSPS) is 16.6. The van der Waals surface area contributed by atoms with Crippen LogP contribution in [0.1, 0.15) is 18.9 Å². The molecule has 2 aromatic rings. The first-order chi connectivity index (χ1) is 14.2. The lowest BCUT2D eigenvalue weighted by molar-refractivity contribution is 0.394. The van der Waals surface area contributed by atoms with Crippen LogP contribution in [-0.2, 0) is 6.42 Å². The van der Waals surface area contributed by atoms with E-state index in [0.717, 1.165) is 62.2 Å². The number of anilines is 1. The lowest BCUT2D eigenvalue weighted by Gasteiger charge is -2.21. The van der Waals surface area contributed by atoms with Gasteiger partial charge in [0.1, 0.15) is 11.5 Å². The van der Waals surface area contributed by atoms with E-state index in [1.54, 1.807) is 14.2 Å². The number of benzene rings is 2. The molecule has 3 rings (SSSR count). The van der Waals surface area contributed by atoms with Crippen molar-refractivity contribution >= 4 is 11.6 Å². The van der Waals surface area contributed by atoms with E-state index >= 15 is 0 Å². The molecule has 1 unspecified atom stereocenters. The number of hydrogen-bond acceptors (Lipinski definition) is 4. The summed E-state index contributed by atoms with van der Waals surface area (Å²) in [6.45, 7) is 5.61. The van der Waals surface area contributed by atoms with Crippen LogP contribution in [-0.4, -0.2) is 52.4 Å². The van der Waals surface area contributed by atoms with Crippen molar-refractivity contribution in [2.24, 2.45) is 4.99 Å². The summed E-state index contributed by atoms with van der Waals surface area (Å²) in [6.07, 6.45) is 2.00. The predicted molar refractivity (Wildman–Crippen MR) is 119 cm³/mol. The Morgan fingerprint density at radius 2 is 1.83 bits per heavy atom. The third-order valence-electron chi connectivity index (χ3n) is 5.09. The second kappa shape index (κ2) is 10.6. The van der Waals surface area contributed by atoms with E-state index in [0.29, 0.717) is 6.04 Å². The molecule has 2 N–H and O–H groups in total. The molecule has 0 amide bonds. The largest absolute Gasteiger partial charge is 0.497 e. The molecule has 1 saturated heterocycles. The first-order valence-electron chi connectivity index (χ1n) is 10.3. The number of methoxy groups -OCH3 is 2. The van der Waals surface area contributed by atoms with Crippen LogP contribution in [0.15, 0.2) is 53.5 Å². The molecule has 1 aliphatic rings. The van der Waals surface area contributed by atoms with Crippen molar-refractivity contribution in [3.05, 3.63) is 54.1 Å². The molecule has 0 radical (unpaired) electrons. The minimum atomic E-state index is 0.349. The van der Waals surface area contributed by atoms with Crippen molar-refractivity contribution in [1.29, 1.82) is 0 Å². The Morgan fingerprint density at radius 3 is 2.48 bits per heavy atom. The Morgan fingerprint density at radius 1 is 1.10 bits per heavy atom. The van der Waals surface area contributed by atoms with Gasteiger partial charge in [0.05, 0.1) is 14.2 Å². The molecule has 1 fully saturated rings. The summed E-state index contributed by atoms with van der Waals surface area (Å²) in [4.78, 5) is 7.12. The second-order valence-corrected chi connectivity index (χ2v) is 7.14. The molecule has 0 aliphatic carbocycles. The quantitative estimate of drug-likeness (QED) is 0.530. The zero-order valence-corrected chi connectivity index (χ0v) is 17.6. The van der Waals surface area contributed by atoms with Gasteiger partial charge in [-0.2, -0.15) is 0 Å². The fourth-order valence-corrected chi connectivity index (χ4v) is 3.54. The molecule has 1 atom stereocenters. The number of rotatable bonds is 8. The van der Waals surface area contributed by atoms with Gasteiger partial charge in [0.25, 0.3) is 0 Å².